The molecule has 1 atom stereocenters. The minimum absolute atomic E-state index is 0.718. The molecule has 1 aromatic rings. The number of hydrogen-bond acceptors (Lipinski definition) is 2. The number of methoxy groups -OCH3 is 1. The predicted octanol–water partition coefficient (Wildman–Crippen LogP) is 3.90. The molecule has 19 heavy (non-hydrogen) atoms. The molecule has 0 aromatic heterocycles. The second-order valence-corrected chi connectivity index (χ2v) is 5.80. The predicted molar refractivity (Wildman–Crippen MR) is 82.8 cm³/mol. The number of rotatable bonds is 9. The SMILES string of the molecule is CNCC(CCCC(C)C)Cc1cccc(OC)c1. The quantitative estimate of drug-likeness (QED) is 0.729. The number of hydrogen-bond donors (Lipinski definition) is 1. The molecule has 0 aliphatic rings. The summed E-state index contributed by atoms with van der Waals surface area (Å²) in [5.74, 6) is 2.49. The lowest BCUT2D eigenvalue weighted by Gasteiger charge is -2.17. The van der Waals surface area contributed by atoms with E-state index in [1.165, 1.54) is 24.8 Å². The first-order valence-corrected chi connectivity index (χ1v) is 7.43. The summed E-state index contributed by atoms with van der Waals surface area (Å²) in [7, 11) is 3.77. The standard InChI is InChI=1S/C17H29NO/c1-14(2)7-5-9-16(13-18-3)11-15-8-6-10-17(12-15)19-4/h6,8,10,12,14,16,18H,5,7,9,11,13H2,1-4H3. The Bertz CT molecular complexity index is 349. The average molecular weight is 263 g/mol. The summed E-state index contributed by atoms with van der Waals surface area (Å²) in [6, 6.07) is 8.45. The van der Waals surface area contributed by atoms with E-state index in [1.807, 2.05) is 13.1 Å². The van der Waals surface area contributed by atoms with Gasteiger partial charge in [-0.05, 0) is 56.0 Å². The van der Waals surface area contributed by atoms with E-state index in [0.717, 1.165) is 30.6 Å². The molecule has 2 nitrogen and oxygen atoms in total. The Morgan fingerprint density at radius 1 is 1.21 bits per heavy atom. The van der Waals surface area contributed by atoms with E-state index in [9.17, 15) is 0 Å². The zero-order valence-electron chi connectivity index (χ0n) is 12.9. The molecule has 0 fully saturated rings. The Balaban J connectivity index is 2.51. The average Bonchev–Trinajstić information content (AvgIpc) is 2.38. The van der Waals surface area contributed by atoms with Crippen LogP contribution >= 0.6 is 0 Å². The Kier molecular flexibility index (Phi) is 7.57. The number of ether oxygens (including phenoxy) is 1. The summed E-state index contributed by atoms with van der Waals surface area (Å²) in [6.45, 7) is 5.69. The molecule has 108 valence electrons. The minimum atomic E-state index is 0.718. The van der Waals surface area contributed by atoms with Crippen LogP contribution in [0.1, 0.15) is 38.7 Å². The van der Waals surface area contributed by atoms with Crippen molar-refractivity contribution in [1.82, 2.24) is 5.32 Å². The van der Waals surface area contributed by atoms with Gasteiger partial charge >= 0.3 is 0 Å². The molecule has 1 rings (SSSR count). The van der Waals surface area contributed by atoms with Crippen LogP contribution in [0.2, 0.25) is 0 Å². The van der Waals surface area contributed by atoms with Crippen LogP contribution in [0.25, 0.3) is 0 Å². The van der Waals surface area contributed by atoms with Crippen molar-refractivity contribution in [3.05, 3.63) is 29.8 Å². The minimum Gasteiger partial charge on any atom is -0.497 e. The van der Waals surface area contributed by atoms with E-state index in [1.54, 1.807) is 7.11 Å². The smallest absolute Gasteiger partial charge is 0.119 e. The molecule has 0 amide bonds. The van der Waals surface area contributed by atoms with Gasteiger partial charge in [0.15, 0.2) is 0 Å². The third-order valence-corrected chi connectivity index (χ3v) is 3.55. The second-order valence-electron chi connectivity index (χ2n) is 5.80. The van der Waals surface area contributed by atoms with Gasteiger partial charge in [0.25, 0.3) is 0 Å². The van der Waals surface area contributed by atoms with Gasteiger partial charge in [0, 0.05) is 0 Å². The van der Waals surface area contributed by atoms with Crippen LogP contribution in [-0.2, 0) is 6.42 Å². The van der Waals surface area contributed by atoms with E-state index >= 15 is 0 Å². The van der Waals surface area contributed by atoms with Crippen molar-refractivity contribution in [3.63, 3.8) is 0 Å². The highest BCUT2D eigenvalue weighted by Gasteiger charge is 2.10. The van der Waals surface area contributed by atoms with E-state index in [2.05, 4.69) is 37.4 Å². The fraction of sp³-hybridized carbons (Fsp3) is 0.647. The van der Waals surface area contributed by atoms with Crippen molar-refractivity contribution in [2.75, 3.05) is 20.7 Å². The topological polar surface area (TPSA) is 21.3 Å². The van der Waals surface area contributed by atoms with E-state index in [-0.39, 0.29) is 0 Å². The summed E-state index contributed by atoms with van der Waals surface area (Å²) in [6.07, 6.45) is 5.10. The van der Waals surface area contributed by atoms with Gasteiger partial charge in [0.1, 0.15) is 5.75 Å². The van der Waals surface area contributed by atoms with Crippen LogP contribution in [-0.4, -0.2) is 20.7 Å². The van der Waals surface area contributed by atoms with Crippen LogP contribution in [0.4, 0.5) is 0 Å². The first kappa shape index (κ1) is 16.0. The molecule has 1 aromatic carbocycles. The van der Waals surface area contributed by atoms with Crippen molar-refractivity contribution in [3.8, 4) is 5.75 Å². The van der Waals surface area contributed by atoms with Crippen LogP contribution in [0.3, 0.4) is 0 Å². The Morgan fingerprint density at radius 3 is 2.63 bits per heavy atom. The summed E-state index contributed by atoms with van der Waals surface area (Å²) < 4.78 is 5.29. The third-order valence-electron chi connectivity index (χ3n) is 3.55. The fourth-order valence-corrected chi connectivity index (χ4v) is 2.51. The van der Waals surface area contributed by atoms with Crippen LogP contribution in [0, 0.1) is 11.8 Å². The number of benzene rings is 1. The summed E-state index contributed by atoms with van der Waals surface area (Å²) in [5, 5.41) is 3.32. The molecule has 1 N–H and O–H groups in total. The van der Waals surface area contributed by atoms with Crippen molar-refractivity contribution in [2.45, 2.75) is 39.5 Å². The third kappa shape index (κ3) is 6.63. The van der Waals surface area contributed by atoms with Crippen molar-refractivity contribution >= 4 is 0 Å². The molecular weight excluding hydrogens is 234 g/mol. The van der Waals surface area contributed by atoms with Gasteiger partial charge in [-0.15, -0.1) is 0 Å². The summed E-state index contributed by atoms with van der Waals surface area (Å²) in [4.78, 5) is 0. The van der Waals surface area contributed by atoms with E-state index in [4.69, 9.17) is 4.74 Å². The molecule has 0 spiro atoms. The van der Waals surface area contributed by atoms with Gasteiger partial charge in [0.2, 0.25) is 0 Å². The Labute approximate surface area is 118 Å². The van der Waals surface area contributed by atoms with E-state index in [0.29, 0.717) is 0 Å². The molecule has 2 heteroatoms. The molecular formula is C17H29NO. The number of nitrogens with one attached hydrogen (secondary N) is 1. The zero-order valence-corrected chi connectivity index (χ0v) is 12.9. The van der Waals surface area contributed by atoms with Crippen molar-refractivity contribution in [2.24, 2.45) is 11.8 Å². The molecule has 0 aliphatic carbocycles. The Morgan fingerprint density at radius 2 is 2.00 bits per heavy atom. The van der Waals surface area contributed by atoms with Gasteiger partial charge < -0.3 is 10.1 Å². The van der Waals surface area contributed by atoms with Crippen LogP contribution in [0.5, 0.6) is 5.75 Å². The van der Waals surface area contributed by atoms with Gasteiger partial charge in [0.05, 0.1) is 7.11 Å². The van der Waals surface area contributed by atoms with Gasteiger partial charge in [-0.2, -0.15) is 0 Å². The molecule has 0 aliphatic heterocycles. The lowest BCUT2D eigenvalue weighted by atomic mass is 9.92. The van der Waals surface area contributed by atoms with Crippen molar-refractivity contribution in [1.29, 1.82) is 0 Å². The highest BCUT2D eigenvalue weighted by atomic mass is 16.5. The van der Waals surface area contributed by atoms with Crippen LogP contribution in [0.15, 0.2) is 24.3 Å². The lowest BCUT2D eigenvalue weighted by Crippen LogP contribution is -2.21. The van der Waals surface area contributed by atoms with Gasteiger partial charge in [-0.1, -0.05) is 38.8 Å². The monoisotopic (exact) mass is 263 g/mol. The Hall–Kier alpha value is -1.02. The zero-order chi connectivity index (χ0) is 14.1. The molecule has 1 unspecified atom stereocenters. The maximum atomic E-state index is 5.29. The first-order valence-electron chi connectivity index (χ1n) is 7.43. The molecule has 0 bridgehead atoms. The molecule has 0 saturated heterocycles. The maximum Gasteiger partial charge on any atom is 0.119 e. The summed E-state index contributed by atoms with van der Waals surface area (Å²) >= 11 is 0. The van der Waals surface area contributed by atoms with Gasteiger partial charge in [-0.25, -0.2) is 0 Å². The first-order chi connectivity index (χ1) is 9.15. The fourth-order valence-electron chi connectivity index (χ4n) is 2.51. The lowest BCUT2D eigenvalue weighted by molar-refractivity contribution is 0.407. The normalized spacial score (nSPS) is 12.7. The highest BCUT2D eigenvalue weighted by molar-refractivity contribution is 5.28. The van der Waals surface area contributed by atoms with Crippen LogP contribution < -0.4 is 10.1 Å². The van der Waals surface area contributed by atoms with E-state index < -0.39 is 0 Å². The second kappa shape index (κ2) is 8.98. The van der Waals surface area contributed by atoms with Crippen molar-refractivity contribution < 1.29 is 4.74 Å². The maximum absolute atomic E-state index is 5.29. The van der Waals surface area contributed by atoms with Gasteiger partial charge in [-0.3, -0.25) is 0 Å². The molecule has 0 heterocycles. The molecule has 0 radical (unpaired) electrons. The summed E-state index contributed by atoms with van der Waals surface area (Å²) in [5.41, 5.74) is 1.38. The molecule has 0 saturated carbocycles. The largest absolute Gasteiger partial charge is 0.497 e. The highest BCUT2D eigenvalue weighted by Crippen LogP contribution is 2.20.